The molecule has 0 radical (unpaired) electrons. The van der Waals surface area contributed by atoms with Crippen LogP contribution in [-0.2, 0) is 7.05 Å². The van der Waals surface area contributed by atoms with Crippen molar-refractivity contribution in [2.75, 3.05) is 0 Å². The Morgan fingerprint density at radius 2 is 2.00 bits per heavy atom. The minimum absolute atomic E-state index is 0.0653. The first kappa shape index (κ1) is 11.1. The summed E-state index contributed by atoms with van der Waals surface area (Å²) in [5, 5.41) is 12.0. The van der Waals surface area contributed by atoms with Gasteiger partial charge in [-0.2, -0.15) is 0 Å². The van der Waals surface area contributed by atoms with Crippen LogP contribution in [-0.4, -0.2) is 20.2 Å². The molecule has 0 unspecified atom stereocenters. The Bertz CT molecular complexity index is 462. The molecule has 0 bridgehead atoms. The Hall–Kier alpha value is -1.40. The number of rotatable bonds is 3. The first-order valence-electron chi connectivity index (χ1n) is 4.92. The van der Waals surface area contributed by atoms with Gasteiger partial charge < -0.3 is 5.73 Å². The summed E-state index contributed by atoms with van der Waals surface area (Å²) in [6, 6.07) is 8.17. The Labute approximate surface area is 98.0 Å². The highest BCUT2D eigenvalue weighted by Gasteiger charge is 2.05. The second kappa shape index (κ2) is 4.63. The monoisotopic (exact) mass is 235 g/mol. The molecule has 5 nitrogen and oxygen atoms in total. The maximum atomic E-state index is 5.78. The highest BCUT2D eigenvalue weighted by Crippen LogP contribution is 2.25. The Morgan fingerprint density at radius 3 is 2.50 bits per heavy atom. The molecule has 0 amide bonds. The average Bonchev–Trinajstić information content (AvgIpc) is 2.65. The predicted molar refractivity (Wildman–Crippen MR) is 62.0 cm³/mol. The topological polar surface area (TPSA) is 69.6 Å². The summed E-state index contributed by atoms with van der Waals surface area (Å²) < 4.78 is 1.64. The number of tetrazole rings is 1. The van der Waals surface area contributed by atoms with Crippen molar-refractivity contribution in [1.82, 2.24) is 20.2 Å². The third-order valence-corrected chi connectivity index (χ3v) is 3.23. The highest BCUT2D eigenvalue weighted by atomic mass is 32.2. The molecule has 1 aromatic carbocycles. The normalized spacial score (nSPS) is 12.7. The van der Waals surface area contributed by atoms with E-state index in [0.29, 0.717) is 0 Å². The van der Waals surface area contributed by atoms with E-state index in [0.717, 1.165) is 15.6 Å². The van der Waals surface area contributed by atoms with Crippen LogP contribution < -0.4 is 5.73 Å². The maximum Gasteiger partial charge on any atom is 0.213 e. The lowest BCUT2D eigenvalue weighted by molar-refractivity contribution is 0.664. The van der Waals surface area contributed by atoms with Crippen LogP contribution >= 0.6 is 11.8 Å². The van der Waals surface area contributed by atoms with Crippen LogP contribution in [0.4, 0.5) is 0 Å². The molecular weight excluding hydrogens is 222 g/mol. The van der Waals surface area contributed by atoms with Gasteiger partial charge in [-0.15, -0.1) is 5.10 Å². The molecular formula is C10H13N5S. The Kier molecular flexibility index (Phi) is 3.21. The molecule has 1 heterocycles. The van der Waals surface area contributed by atoms with Crippen LogP contribution in [0.5, 0.6) is 0 Å². The molecule has 0 spiro atoms. The molecule has 6 heteroatoms. The smallest absolute Gasteiger partial charge is 0.213 e. The molecule has 84 valence electrons. The van der Waals surface area contributed by atoms with Crippen molar-refractivity contribution < 1.29 is 0 Å². The second-order valence-corrected chi connectivity index (χ2v) is 4.59. The molecule has 2 N–H and O–H groups in total. The van der Waals surface area contributed by atoms with Crippen molar-refractivity contribution in [3.8, 4) is 0 Å². The third kappa shape index (κ3) is 2.40. The van der Waals surface area contributed by atoms with Gasteiger partial charge in [0.05, 0.1) is 0 Å². The SMILES string of the molecule is C[C@H](N)c1ccc(Sc2nnnn2C)cc1. The predicted octanol–water partition coefficient (Wildman–Crippen LogP) is 1.38. The van der Waals surface area contributed by atoms with Gasteiger partial charge in [0.15, 0.2) is 0 Å². The summed E-state index contributed by atoms with van der Waals surface area (Å²) in [6.45, 7) is 1.97. The number of aromatic nitrogens is 4. The van der Waals surface area contributed by atoms with Gasteiger partial charge >= 0.3 is 0 Å². The fourth-order valence-electron chi connectivity index (χ4n) is 1.25. The molecule has 1 aromatic heterocycles. The first-order chi connectivity index (χ1) is 7.66. The molecule has 0 aliphatic heterocycles. The van der Waals surface area contributed by atoms with Crippen molar-refractivity contribution in [2.24, 2.45) is 12.8 Å². The second-order valence-electron chi connectivity index (χ2n) is 3.54. The lowest BCUT2D eigenvalue weighted by Gasteiger charge is -2.05. The van der Waals surface area contributed by atoms with E-state index in [-0.39, 0.29) is 6.04 Å². The van der Waals surface area contributed by atoms with Crippen LogP contribution in [0.3, 0.4) is 0 Å². The van der Waals surface area contributed by atoms with Crippen molar-refractivity contribution in [3.05, 3.63) is 29.8 Å². The average molecular weight is 235 g/mol. The highest BCUT2D eigenvalue weighted by molar-refractivity contribution is 7.99. The number of benzene rings is 1. The van der Waals surface area contributed by atoms with E-state index in [9.17, 15) is 0 Å². The molecule has 2 rings (SSSR count). The van der Waals surface area contributed by atoms with Crippen molar-refractivity contribution in [3.63, 3.8) is 0 Å². The molecule has 2 aromatic rings. The van der Waals surface area contributed by atoms with E-state index in [1.807, 2.05) is 38.2 Å². The van der Waals surface area contributed by atoms with Crippen molar-refractivity contribution >= 4 is 11.8 Å². The molecule has 0 saturated carbocycles. The lowest BCUT2D eigenvalue weighted by atomic mass is 10.1. The van der Waals surface area contributed by atoms with Crippen LogP contribution in [0.1, 0.15) is 18.5 Å². The lowest BCUT2D eigenvalue weighted by Crippen LogP contribution is -2.04. The van der Waals surface area contributed by atoms with Crippen molar-refractivity contribution in [1.29, 1.82) is 0 Å². The van der Waals surface area contributed by atoms with Crippen LogP contribution in [0.15, 0.2) is 34.3 Å². The molecule has 0 aliphatic rings. The summed E-state index contributed by atoms with van der Waals surface area (Å²) in [5.41, 5.74) is 6.91. The van der Waals surface area contributed by atoms with Crippen molar-refractivity contribution in [2.45, 2.75) is 23.0 Å². The zero-order valence-corrected chi connectivity index (χ0v) is 9.98. The minimum atomic E-state index is 0.0653. The fourth-order valence-corrected chi connectivity index (χ4v) is 1.98. The maximum absolute atomic E-state index is 5.78. The minimum Gasteiger partial charge on any atom is -0.324 e. The fraction of sp³-hybridized carbons (Fsp3) is 0.300. The van der Waals surface area contributed by atoms with Gasteiger partial charge in [0.2, 0.25) is 5.16 Å². The number of nitrogens with two attached hydrogens (primary N) is 1. The quantitative estimate of drug-likeness (QED) is 0.870. The summed E-state index contributed by atoms with van der Waals surface area (Å²) in [4.78, 5) is 1.10. The van der Waals surface area contributed by atoms with E-state index >= 15 is 0 Å². The molecule has 1 atom stereocenters. The van der Waals surface area contributed by atoms with E-state index in [1.54, 1.807) is 4.68 Å². The largest absolute Gasteiger partial charge is 0.324 e. The van der Waals surface area contributed by atoms with Gasteiger partial charge in [-0.05, 0) is 46.8 Å². The summed E-state index contributed by atoms with van der Waals surface area (Å²) >= 11 is 1.53. The number of hydrogen-bond donors (Lipinski definition) is 1. The zero-order valence-electron chi connectivity index (χ0n) is 9.16. The van der Waals surface area contributed by atoms with Gasteiger partial charge in [-0.25, -0.2) is 4.68 Å². The summed E-state index contributed by atoms with van der Waals surface area (Å²) in [6.07, 6.45) is 0. The standard InChI is InChI=1S/C10H13N5S/c1-7(11)8-3-5-9(6-4-8)16-10-12-13-14-15(10)2/h3-7H,11H2,1-2H3/t7-/m0/s1. The Balaban J connectivity index is 2.14. The van der Waals surface area contributed by atoms with Gasteiger partial charge in [-0.1, -0.05) is 12.1 Å². The Morgan fingerprint density at radius 1 is 1.31 bits per heavy atom. The molecule has 0 saturated heterocycles. The molecule has 0 fully saturated rings. The van der Waals surface area contributed by atoms with Gasteiger partial charge in [0, 0.05) is 18.0 Å². The van der Waals surface area contributed by atoms with Crippen LogP contribution in [0, 0.1) is 0 Å². The summed E-state index contributed by atoms with van der Waals surface area (Å²) in [5.74, 6) is 0. The summed E-state index contributed by atoms with van der Waals surface area (Å²) in [7, 11) is 1.82. The zero-order chi connectivity index (χ0) is 11.5. The third-order valence-electron chi connectivity index (χ3n) is 2.20. The molecule has 0 aliphatic carbocycles. The van der Waals surface area contributed by atoms with E-state index in [1.165, 1.54) is 11.8 Å². The van der Waals surface area contributed by atoms with Crippen LogP contribution in [0.25, 0.3) is 0 Å². The molecule has 16 heavy (non-hydrogen) atoms. The van der Waals surface area contributed by atoms with Crippen LogP contribution in [0.2, 0.25) is 0 Å². The number of aryl methyl sites for hydroxylation is 1. The van der Waals surface area contributed by atoms with E-state index in [2.05, 4.69) is 15.5 Å². The van der Waals surface area contributed by atoms with E-state index < -0.39 is 0 Å². The van der Waals surface area contributed by atoms with E-state index in [4.69, 9.17) is 5.73 Å². The van der Waals surface area contributed by atoms with Gasteiger partial charge in [0.25, 0.3) is 0 Å². The number of nitrogens with zero attached hydrogens (tertiary/aromatic N) is 4. The number of hydrogen-bond acceptors (Lipinski definition) is 5. The van der Waals surface area contributed by atoms with Gasteiger partial charge in [-0.3, -0.25) is 0 Å². The van der Waals surface area contributed by atoms with Gasteiger partial charge in [0.1, 0.15) is 0 Å². The first-order valence-corrected chi connectivity index (χ1v) is 5.74.